The lowest BCUT2D eigenvalue weighted by atomic mass is 10.1. The molecule has 0 aromatic heterocycles. The van der Waals surface area contributed by atoms with Crippen LogP contribution in [0.4, 0.5) is 5.69 Å². The van der Waals surface area contributed by atoms with E-state index in [0.717, 1.165) is 6.07 Å². The number of benzene rings is 2. The molecule has 2 rings (SSSR count). The van der Waals surface area contributed by atoms with Crippen LogP contribution in [0.1, 0.15) is 15.9 Å². The molecule has 0 saturated heterocycles. The predicted octanol–water partition coefficient (Wildman–Crippen LogP) is 2.91. The van der Waals surface area contributed by atoms with Gasteiger partial charge >= 0.3 is 5.69 Å². The maximum absolute atomic E-state index is 12.0. The Balaban J connectivity index is 2.34. The fraction of sp³-hybridized carbons (Fsp3) is 0.0625. The average Bonchev–Trinajstić information content (AvgIpc) is 2.53. The van der Waals surface area contributed by atoms with Gasteiger partial charge in [0.05, 0.1) is 12.0 Å². The highest BCUT2D eigenvalue weighted by atomic mass is 16.6. The van der Waals surface area contributed by atoms with Crippen LogP contribution in [-0.2, 0) is 0 Å². The molecule has 0 unspecified atom stereocenters. The number of phenolic OH excluding ortho intramolecular Hbond substituents is 2. The maximum Gasteiger partial charge on any atom is 0.315 e. The Morgan fingerprint density at radius 2 is 2.00 bits per heavy atom. The van der Waals surface area contributed by atoms with Crippen LogP contribution in [-0.4, -0.2) is 28.0 Å². The molecule has 0 aliphatic heterocycles. The van der Waals surface area contributed by atoms with Gasteiger partial charge in [-0.2, -0.15) is 0 Å². The van der Waals surface area contributed by atoms with Gasteiger partial charge in [-0.1, -0.05) is 18.2 Å². The number of rotatable bonds is 5. The summed E-state index contributed by atoms with van der Waals surface area (Å²) in [5.74, 6) is -1.06. The summed E-state index contributed by atoms with van der Waals surface area (Å²) >= 11 is 0. The standard InChI is InChI=1S/C16H13NO6/c1-23-15-8-10(7-13(16(15)20)17(21)22)5-6-14(19)11-3-2-4-12(18)9-11/h2-9,18,20H,1H3/b6-5+. The lowest BCUT2D eigenvalue weighted by Crippen LogP contribution is -1.95. The summed E-state index contributed by atoms with van der Waals surface area (Å²) in [6.07, 6.45) is 2.58. The van der Waals surface area contributed by atoms with E-state index in [-0.39, 0.29) is 22.8 Å². The fourth-order valence-electron chi connectivity index (χ4n) is 1.93. The first-order valence-corrected chi connectivity index (χ1v) is 6.49. The predicted molar refractivity (Wildman–Crippen MR) is 82.8 cm³/mol. The Kier molecular flexibility index (Phi) is 4.61. The number of nitrogens with zero attached hydrogens (tertiary/aromatic N) is 1. The third-order valence-electron chi connectivity index (χ3n) is 3.05. The van der Waals surface area contributed by atoms with Crippen molar-refractivity contribution in [3.63, 3.8) is 0 Å². The highest BCUT2D eigenvalue weighted by Crippen LogP contribution is 2.37. The first kappa shape index (κ1) is 16.0. The number of carbonyl (C=O) groups excluding carboxylic acids is 1. The van der Waals surface area contributed by atoms with Crippen molar-refractivity contribution in [2.45, 2.75) is 0 Å². The van der Waals surface area contributed by atoms with Gasteiger partial charge in [-0.3, -0.25) is 14.9 Å². The molecular weight excluding hydrogens is 302 g/mol. The highest BCUT2D eigenvalue weighted by molar-refractivity contribution is 6.07. The van der Waals surface area contributed by atoms with Gasteiger partial charge in [0.25, 0.3) is 0 Å². The number of hydrogen-bond acceptors (Lipinski definition) is 6. The zero-order valence-corrected chi connectivity index (χ0v) is 12.1. The van der Waals surface area contributed by atoms with E-state index >= 15 is 0 Å². The molecule has 0 radical (unpaired) electrons. The van der Waals surface area contributed by atoms with Crippen molar-refractivity contribution in [1.29, 1.82) is 0 Å². The van der Waals surface area contributed by atoms with E-state index in [9.17, 15) is 25.1 Å². The van der Waals surface area contributed by atoms with Gasteiger partial charge in [-0.05, 0) is 29.8 Å². The van der Waals surface area contributed by atoms with Crippen molar-refractivity contribution in [3.05, 3.63) is 63.7 Å². The monoisotopic (exact) mass is 315 g/mol. The molecule has 0 atom stereocenters. The van der Waals surface area contributed by atoms with Gasteiger partial charge in [-0.15, -0.1) is 0 Å². The van der Waals surface area contributed by atoms with E-state index in [2.05, 4.69) is 0 Å². The maximum atomic E-state index is 12.0. The van der Waals surface area contributed by atoms with Crippen LogP contribution in [0, 0.1) is 10.1 Å². The van der Waals surface area contributed by atoms with E-state index < -0.39 is 16.4 Å². The molecule has 2 aromatic carbocycles. The van der Waals surface area contributed by atoms with Gasteiger partial charge in [0, 0.05) is 11.6 Å². The third-order valence-corrected chi connectivity index (χ3v) is 3.05. The molecule has 23 heavy (non-hydrogen) atoms. The summed E-state index contributed by atoms with van der Waals surface area (Å²) in [6, 6.07) is 8.32. The third kappa shape index (κ3) is 3.65. The van der Waals surface area contributed by atoms with Crippen molar-refractivity contribution in [2.24, 2.45) is 0 Å². The van der Waals surface area contributed by atoms with Crippen LogP contribution in [0.2, 0.25) is 0 Å². The molecule has 0 aliphatic rings. The highest BCUT2D eigenvalue weighted by Gasteiger charge is 2.19. The van der Waals surface area contributed by atoms with Crippen molar-refractivity contribution >= 4 is 17.5 Å². The summed E-state index contributed by atoms with van der Waals surface area (Å²) in [7, 11) is 1.27. The summed E-state index contributed by atoms with van der Waals surface area (Å²) in [6.45, 7) is 0. The molecule has 0 fully saturated rings. The number of allylic oxidation sites excluding steroid dienone is 1. The molecule has 0 saturated carbocycles. The van der Waals surface area contributed by atoms with Crippen molar-refractivity contribution in [2.75, 3.05) is 7.11 Å². The minimum atomic E-state index is -0.744. The molecule has 2 aromatic rings. The number of carbonyl (C=O) groups is 1. The van der Waals surface area contributed by atoms with Crippen molar-refractivity contribution in [3.8, 4) is 17.2 Å². The number of phenols is 2. The number of ether oxygens (including phenoxy) is 1. The zero-order chi connectivity index (χ0) is 17.0. The lowest BCUT2D eigenvalue weighted by Gasteiger charge is -2.05. The van der Waals surface area contributed by atoms with Gasteiger partial charge in [0.2, 0.25) is 5.75 Å². The smallest absolute Gasteiger partial charge is 0.315 e. The Hall–Kier alpha value is -3.35. The molecule has 7 nitrogen and oxygen atoms in total. The van der Waals surface area contributed by atoms with E-state index in [1.54, 1.807) is 0 Å². The molecule has 118 valence electrons. The van der Waals surface area contributed by atoms with Crippen LogP contribution < -0.4 is 4.74 Å². The molecule has 2 N–H and O–H groups in total. The second-order valence-electron chi connectivity index (χ2n) is 4.60. The van der Waals surface area contributed by atoms with Crippen molar-refractivity contribution < 1.29 is 24.7 Å². The van der Waals surface area contributed by atoms with Crippen LogP contribution >= 0.6 is 0 Å². The molecule has 0 bridgehead atoms. The largest absolute Gasteiger partial charge is 0.508 e. The topological polar surface area (TPSA) is 110 Å². The van der Waals surface area contributed by atoms with Gasteiger partial charge < -0.3 is 14.9 Å². The average molecular weight is 315 g/mol. The molecule has 0 spiro atoms. The SMILES string of the molecule is COc1cc(/C=C/C(=O)c2cccc(O)c2)cc([N+](=O)[O-])c1O. The molecule has 0 amide bonds. The molecule has 0 aliphatic carbocycles. The van der Waals surface area contributed by atoms with Gasteiger partial charge in [-0.25, -0.2) is 0 Å². The normalized spacial score (nSPS) is 10.7. The van der Waals surface area contributed by atoms with E-state index in [0.29, 0.717) is 5.56 Å². The van der Waals surface area contributed by atoms with E-state index in [1.807, 2.05) is 0 Å². The van der Waals surface area contributed by atoms with Crippen LogP contribution in [0.15, 0.2) is 42.5 Å². The molecule has 7 heteroatoms. The minimum absolute atomic E-state index is 0.0359. The Bertz CT molecular complexity index is 797. The number of hydrogen-bond donors (Lipinski definition) is 2. The Morgan fingerprint density at radius 1 is 1.26 bits per heavy atom. The van der Waals surface area contributed by atoms with Gasteiger partial charge in [0.1, 0.15) is 5.75 Å². The summed E-state index contributed by atoms with van der Waals surface area (Å²) in [5, 5.41) is 29.9. The van der Waals surface area contributed by atoms with Gasteiger partial charge in [0.15, 0.2) is 11.5 Å². The number of aromatic hydroxyl groups is 2. The summed E-state index contributed by atoms with van der Waals surface area (Å²) < 4.78 is 4.88. The van der Waals surface area contributed by atoms with Crippen LogP contribution in [0.25, 0.3) is 6.08 Å². The molecule has 0 heterocycles. The first-order valence-electron chi connectivity index (χ1n) is 6.49. The number of ketones is 1. The summed E-state index contributed by atoms with van der Waals surface area (Å²) in [5.41, 5.74) is 0.0788. The van der Waals surface area contributed by atoms with E-state index in [4.69, 9.17) is 4.74 Å². The van der Waals surface area contributed by atoms with Crippen LogP contribution in [0.5, 0.6) is 17.2 Å². The molecular formula is C16H13NO6. The lowest BCUT2D eigenvalue weighted by molar-refractivity contribution is -0.386. The summed E-state index contributed by atoms with van der Waals surface area (Å²) in [4.78, 5) is 22.2. The quantitative estimate of drug-likeness (QED) is 0.380. The zero-order valence-electron chi connectivity index (χ0n) is 12.1. The Morgan fingerprint density at radius 3 is 2.61 bits per heavy atom. The van der Waals surface area contributed by atoms with E-state index in [1.165, 1.54) is 49.6 Å². The minimum Gasteiger partial charge on any atom is -0.508 e. The number of methoxy groups -OCH3 is 1. The second-order valence-corrected chi connectivity index (χ2v) is 4.60. The first-order chi connectivity index (χ1) is 10.9. The second kappa shape index (κ2) is 6.61. The number of nitro benzene ring substituents is 1. The fourth-order valence-corrected chi connectivity index (χ4v) is 1.93. The van der Waals surface area contributed by atoms with Crippen molar-refractivity contribution in [1.82, 2.24) is 0 Å². The Labute approximate surface area is 131 Å². The van der Waals surface area contributed by atoms with Crippen LogP contribution in [0.3, 0.4) is 0 Å². The number of nitro groups is 1.